The summed E-state index contributed by atoms with van der Waals surface area (Å²) >= 11 is 0. The standard InChI is InChI=1S/C15H18N4O2/c16-10-3-4-13-11(6-10)12(7-18-13)15(21)19-5-1-2-9(8-19)14(17)20/h3-4,6-7,9,18H,1-2,5,8,16H2,(H2,17,20). The van der Waals surface area contributed by atoms with Crippen LogP contribution in [0.5, 0.6) is 0 Å². The first-order valence-corrected chi connectivity index (χ1v) is 7.01. The number of carbonyl (C=O) groups excluding carboxylic acids is 2. The molecule has 1 aromatic heterocycles. The summed E-state index contributed by atoms with van der Waals surface area (Å²) in [5.74, 6) is -0.675. The lowest BCUT2D eigenvalue weighted by Crippen LogP contribution is -2.44. The van der Waals surface area contributed by atoms with Crippen molar-refractivity contribution in [2.45, 2.75) is 12.8 Å². The largest absolute Gasteiger partial charge is 0.399 e. The summed E-state index contributed by atoms with van der Waals surface area (Å²) < 4.78 is 0. The van der Waals surface area contributed by atoms with Crippen molar-refractivity contribution in [3.8, 4) is 0 Å². The number of fused-ring (bicyclic) bond motifs is 1. The Morgan fingerprint density at radius 3 is 2.90 bits per heavy atom. The number of nitrogens with two attached hydrogens (primary N) is 2. The van der Waals surface area contributed by atoms with Gasteiger partial charge < -0.3 is 21.4 Å². The van der Waals surface area contributed by atoms with Gasteiger partial charge in [0.05, 0.1) is 11.5 Å². The second-order valence-corrected chi connectivity index (χ2v) is 5.50. The molecule has 1 aromatic carbocycles. The maximum absolute atomic E-state index is 12.7. The van der Waals surface area contributed by atoms with E-state index >= 15 is 0 Å². The number of benzene rings is 1. The zero-order valence-corrected chi connectivity index (χ0v) is 11.6. The number of nitrogens with one attached hydrogen (secondary N) is 1. The van der Waals surface area contributed by atoms with Crippen LogP contribution in [-0.2, 0) is 4.79 Å². The molecular formula is C15H18N4O2. The van der Waals surface area contributed by atoms with Gasteiger partial charge in [-0.15, -0.1) is 0 Å². The van der Waals surface area contributed by atoms with Crippen LogP contribution >= 0.6 is 0 Å². The van der Waals surface area contributed by atoms with Crippen LogP contribution < -0.4 is 11.5 Å². The number of likely N-dealkylation sites (tertiary alicyclic amines) is 1. The molecule has 0 spiro atoms. The second-order valence-electron chi connectivity index (χ2n) is 5.50. The van der Waals surface area contributed by atoms with E-state index in [1.807, 2.05) is 6.07 Å². The van der Waals surface area contributed by atoms with Crippen molar-refractivity contribution in [1.82, 2.24) is 9.88 Å². The number of nitrogen functional groups attached to an aromatic ring is 1. The summed E-state index contributed by atoms with van der Waals surface area (Å²) in [6, 6.07) is 5.43. The van der Waals surface area contributed by atoms with Crippen LogP contribution in [0.15, 0.2) is 24.4 Å². The molecule has 2 amide bonds. The van der Waals surface area contributed by atoms with Crippen molar-refractivity contribution in [3.63, 3.8) is 0 Å². The molecule has 1 fully saturated rings. The molecule has 0 saturated carbocycles. The Labute approximate surface area is 122 Å². The van der Waals surface area contributed by atoms with Crippen molar-refractivity contribution in [2.75, 3.05) is 18.8 Å². The summed E-state index contributed by atoms with van der Waals surface area (Å²) in [6.45, 7) is 1.04. The number of hydrogen-bond donors (Lipinski definition) is 3. The van der Waals surface area contributed by atoms with Crippen molar-refractivity contribution in [1.29, 1.82) is 0 Å². The smallest absolute Gasteiger partial charge is 0.256 e. The third-order valence-corrected chi connectivity index (χ3v) is 4.05. The number of nitrogens with zero attached hydrogens (tertiary/aromatic N) is 1. The quantitative estimate of drug-likeness (QED) is 0.719. The monoisotopic (exact) mass is 286 g/mol. The number of rotatable bonds is 2. The number of aromatic nitrogens is 1. The van der Waals surface area contributed by atoms with Crippen molar-refractivity contribution >= 4 is 28.4 Å². The predicted molar refractivity (Wildman–Crippen MR) is 80.5 cm³/mol. The fourth-order valence-corrected chi connectivity index (χ4v) is 2.88. The molecule has 6 nitrogen and oxygen atoms in total. The molecular weight excluding hydrogens is 268 g/mol. The molecule has 1 saturated heterocycles. The molecule has 1 aliphatic heterocycles. The van der Waals surface area contributed by atoms with E-state index in [4.69, 9.17) is 11.5 Å². The van der Waals surface area contributed by atoms with Gasteiger partial charge in [0.15, 0.2) is 0 Å². The highest BCUT2D eigenvalue weighted by Gasteiger charge is 2.28. The third-order valence-electron chi connectivity index (χ3n) is 4.05. The Hall–Kier alpha value is -2.50. The van der Waals surface area contributed by atoms with E-state index in [1.54, 1.807) is 23.2 Å². The molecule has 1 aliphatic rings. The van der Waals surface area contributed by atoms with Crippen LogP contribution in [0.25, 0.3) is 10.9 Å². The Bertz CT molecular complexity index is 707. The Kier molecular flexibility index (Phi) is 3.29. The minimum Gasteiger partial charge on any atom is -0.399 e. The van der Waals surface area contributed by atoms with Crippen LogP contribution in [0.3, 0.4) is 0 Å². The van der Waals surface area contributed by atoms with Crippen molar-refractivity contribution < 1.29 is 9.59 Å². The van der Waals surface area contributed by atoms with Crippen molar-refractivity contribution in [2.24, 2.45) is 11.7 Å². The van der Waals surface area contributed by atoms with E-state index in [9.17, 15) is 9.59 Å². The topological polar surface area (TPSA) is 105 Å². The fraction of sp³-hybridized carbons (Fsp3) is 0.333. The number of H-pyrrole nitrogens is 1. The van der Waals surface area contributed by atoms with Gasteiger partial charge in [0.2, 0.25) is 5.91 Å². The number of primary amides is 1. The first-order valence-electron chi connectivity index (χ1n) is 7.01. The molecule has 21 heavy (non-hydrogen) atoms. The molecule has 1 unspecified atom stereocenters. The Morgan fingerprint density at radius 2 is 2.14 bits per heavy atom. The van der Waals surface area contributed by atoms with Gasteiger partial charge in [-0.25, -0.2) is 0 Å². The van der Waals surface area contributed by atoms with Crippen LogP contribution in [0, 0.1) is 5.92 Å². The average molecular weight is 286 g/mol. The van der Waals surface area contributed by atoms with E-state index in [0.29, 0.717) is 24.3 Å². The van der Waals surface area contributed by atoms with Gasteiger partial charge in [0.25, 0.3) is 5.91 Å². The number of aromatic amines is 1. The summed E-state index contributed by atoms with van der Waals surface area (Å²) in [5.41, 5.74) is 13.2. The fourth-order valence-electron chi connectivity index (χ4n) is 2.88. The SMILES string of the molecule is NC(=O)C1CCCN(C(=O)c2c[nH]c3ccc(N)cc23)C1. The van der Waals surface area contributed by atoms with E-state index in [2.05, 4.69) is 4.98 Å². The van der Waals surface area contributed by atoms with E-state index in [-0.39, 0.29) is 17.7 Å². The van der Waals surface area contributed by atoms with Gasteiger partial charge >= 0.3 is 0 Å². The van der Waals surface area contributed by atoms with Gasteiger partial charge in [-0.1, -0.05) is 0 Å². The normalized spacial score (nSPS) is 18.9. The second kappa shape index (κ2) is 5.12. The van der Waals surface area contributed by atoms with Crippen molar-refractivity contribution in [3.05, 3.63) is 30.0 Å². The van der Waals surface area contributed by atoms with E-state index < -0.39 is 0 Å². The lowest BCUT2D eigenvalue weighted by atomic mass is 9.97. The lowest BCUT2D eigenvalue weighted by molar-refractivity contribution is -0.123. The molecule has 6 heteroatoms. The number of hydrogen-bond acceptors (Lipinski definition) is 3. The molecule has 0 aliphatic carbocycles. The van der Waals surface area contributed by atoms with Gasteiger partial charge in [-0.2, -0.15) is 0 Å². The van der Waals surface area contributed by atoms with Gasteiger partial charge in [-0.3, -0.25) is 9.59 Å². The number of carbonyl (C=O) groups is 2. The van der Waals surface area contributed by atoms with Gasteiger partial charge in [-0.05, 0) is 31.0 Å². The van der Waals surface area contributed by atoms with Crippen LogP contribution in [-0.4, -0.2) is 34.8 Å². The summed E-state index contributed by atoms with van der Waals surface area (Å²) in [6.07, 6.45) is 3.24. The highest BCUT2D eigenvalue weighted by molar-refractivity contribution is 6.07. The molecule has 110 valence electrons. The molecule has 0 radical (unpaired) electrons. The minimum absolute atomic E-state index is 0.0854. The predicted octanol–water partition coefficient (Wildman–Crippen LogP) is 1.09. The Balaban J connectivity index is 1.90. The molecule has 2 aromatic rings. The number of amides is 2. The van der Waals surface area contributed by atoms with Gasteiger partial charge in [0, 0.05) is 35.9 Å². The van der Waals surface area contributed by atoms with Crippen LogP contribution in [0.1, 0.15) is 23.2 Å². The zero-order valence-electron chi connectivity index (χ0n) is 11.6. The molecule has 0 bridgehead atoms. The number of anilines is 1. The number of piperidine rings is 1. The molecule has 5 N–H and O–H groups in total. The van der Waals surface area contributed by atoms with Crippen LogP contribution in [0.2, 0.25) is 0 Å². The van der Waals surface area contributed by atoms with E-state index in [1.165, 1.54) is 0 Å². The average Bonchev–Trinajstić information content (AvgIpc) is 2.89. The highest BCUT2D eigenvalue weighted by atomic mass is 16.2. The highest BCUT2D eigenvalue weighted by Crippen LogP contribution is 2.24. The maximum atomic E-state index is 12.7. The Morgan fingerprint density at radius 1 is 1.33 bits per heavy atom. The third kappa shape index (κ3) is 2.44. The lowest BCUT2D eigenvalue weighted by Gasteiger charge is -2.31. The molecule has 2 heterocycles. The minimum atomic E-state index is -0.337. The van der Waals surface area contributed by atoms with E-state index in [0.717, 1.165) is 23.7 Å². The summed E-state index contributed by atoms with van der Waals surface area (Å²) in [7, 11) is 0. The molecule has 3 rings (SSSR count). The first-order chi connectivity index (χ1) is 10.1. The van der Waals surface area contributed by atoms with Gasteiger partial charge in [0.1, 0.15) is 0 Å². The first kappa shape index (κ1) is 13.5. The van der Waals surface area contributed by atoms with Crippen LogP contribution in [0.4, 0.5) is 5.69 Å². The summed E-state index contributed by atoms with van der Waals surface area (Å²) in [5, 5.41) is 0.807. The maximum Gasteiger partial charge on any atom is 0.256 e. The zero-order chi connectivity index (χ0) is 15.0. The summed E-state index contributed by atoms with van der Waals surface area (Å²) in [4.78, 5) is 28.8. The molecule has 1 atom stereocenters.